The topological polar surface area (TPSA) is 52.5 Å². The zero-order valence-electron chi connectivity index (χ0n) is 10.2. The average Bonchev–Trinajstić information content (AvgIpc) is 2.26. The van der Waals surface area contributed by atoms with Crippen molar-refractivity contribution >= 4 is 0 Å². The Balaban J connectivity index is 2.79. The van der Waals surface area contributed by atoms with Crippen molar-refractivity contribution in [3.63, 3.8) is 0 Å². The maximum atomic E-state index is 9.68. The Labute approximate surface area is 97.1 Å². The van der Waals surface area contributed by atoms with E-state index < -0.39 is 11.1 Å². The molecule has 0 aliphatic carbocycles. The molecule has 0 heterocycles. The van der Waals surface area contributed by atoms with E-state index in [4.69, 9.17) is 0 Å². The van der Waals surface area contributed by atoms with Crippen LogP contribution in [0.5, 0.6) is 0 Å². The van der Waals surface area contributed by atoms with Crippen LogP contribution in [0.3, 0.4) is 0 Å². The first kappa shape index (κ1) is 13.2. The van der Waals surface area contributed by atoms with Gasteiger partial charge < -0.3 is 15.5 Å². The van der Waals surface area contributed by atoms with Crippen molar-refractivity contribution in [3.05, 3.63) is 35.9 Å². The maximum absolute atomic E-state index is 9.68. The SMILES string of the molecule is CC(C)(O)CNC(C)(CO)c1ccccc1. The highest BCUT2D eigenvalue weighted by Crippen LogP contribution is 2.20. The van der Waals surface area contributed by atoms with Gasteiger partial charge in [0.2, 0.25) is 0 Å². The lowest BCUT2D eigenvalue weighted by molar-refractivity contribution is 0.0607. The molecule has 1 atom stereocenters. The van der Waals surface area contributed by atoms with Crippen LogP contribution in [0, 0.1) is 0 Å². The van der Waals surface area contributed by atoms with Crippen molar-refractivity contribution in [1.82, 2.24) is 5.32 Å². The molecular formula is C13H21NO2. The first-order valence-corrected chi connectivity index (χ1v) is 5.51. The number of aliphatic hydroxyl groups excluding tert-OH is 1. The Morgan fingerprint density at radius 3 is 2.12 bits per heavy atom. The molecule has 0 fully saturated rings. The number of hydrogen-bond acceptors (Lipinski definition) is 3. The monoisotopic (exact) mass is 223 g/mol. The van der Waals surface area contributed by atoms with Crippen LogP contribution in [0.15, 0.2) is 30.3 Å². The Hall–Kier alpha value is -0.900. The highest BCUT2D eigenvalue weighted by Gasteiger charge is 2.27. The van der Waals surface area contributed by atoms with Crippen molar-refractivity contribution in [2.45, 2.75) is 31.9 Å². The second kappa shape index (κ2) is 4.95. The summed E-state index contributed by atoms with van der Waals surface area (Å²) in [5, 5.41) is 22.4. The van der Waals surface area contributed by atoms with Gasteiger partial charge >= 0.3 is 0 Å². The molecule has 3 nitrogen and oxygen atoms in total. The average molecular weight is 223 g/mol. The molecule has 0 aliphatic heterocycles. The van der Waals surface area contributed by atoms with Gasteiger partial charge in [0.1, 0.15) is 0 Å². The molecule has 0 spiro atoms. The van der Waals surface area contributed by atoms with Crippen molar-refractivity contribution in [2.75, 3.05) is 13.2 Å². The molecule has 1 unspecified atom stereocenters. The minimum atomic E-state index is -0.786. The van der Waals surface area contributed by atoms with Gasteiger partial charge in [0.05, 0.1) is 17.7 Å². The van der Waals surface area contributed by atoms with Crippen LogP contribution in [0.4, 0.5) is 0 Å². The summed E-state index contributed by atoms with van der Waals surface area (Å²) < 4.78 is 0. The molecule has 0 bridgehead atoms. The van der Waals surface area contributed by atoms with Crippen LogP contribution in [-0.4, -0.2) is 29.0 Å². The largest absolute Gasteiger partial charge is 0.394 e. The van der Waals surface area contributed by atoms with E-state index >= 15 is 0 Å². The Morgan fingerprint density at radius 2 is 1.69 bits per heavy atom. The van der Waals surface area contributed by atoms with Gasteiger partial charge in [-0.15, -0.1) is 0 Å². The fourth-order valence-corrected chi connectivity index (χ4v) is 1.47. The highest BCUT2D eigenvalue weighted by atomic mass is 16.3. The quantitative estimate of drug-likeness (QED) is 0.704. The molecule has 1 aromatic rings. The van der Waals surface area contributed by atoms with Gasteiger partial charge in [0.25, 0.3) is 0 Å². The minimum absolute atomic E-state index is 0.00685. The van der Waals surface area contributed by atoms with Crippen LogP contribution < -0.4 is 5.32 Å². The summed E-state index contributed by atoms with van der Waals surface area (Å²) in [4.78, 5) is 0. The smallest absolute Gasteiger partial charge is 0.0715 e. The van der Waals surface area contributed by atoms with E-state index in [1.807, 2.05) is 37.3 Å². The Kier molecular flexibility index (Phi) is 4.08. The fraction of sp³-hybridized carbons (Fsp3) is 0.538. The van der Waals surface area contributed by atoms with E-state index in [2.05, 4.69) is 5.32 Å². The number of aliphatic hydroxyl groups is 2. The summed E-state index contributed by atoms with van der Waals surface area (Å²) in [5.41, 5.74) is -0.284. The van der Waals surface area contributed by atoms with E-state index in [1.165, 1.54) is 0 Å². The first-order valence-electron chi connectivity index (χ1n) is 5.51. The number of rotatable bonds is 5. The molecule has 3 N–H and O–H groups in total. The van der Waals surface area contributed by atoms with Gasteiger partial charge in [-0.3, -0.25) is 0 Å². The Morgan fingerprint density at radius 1 is 1.12 bits per heavy atom. The van der Waals surface area contributed by atoms with Crippen molar-refractivity contribution in [3.8, 4) is 0 Å². The van der Waals surface area contributed by atoms with Crippen LogP contribution in [0.1, 0.15) is 26.3 Å². The Bertz CT molecular complexity index is 318. The molecule has 1 aromatic carbocycles. The summed E-state index contributed by atoms with van der Waals surface area (Å²) in [6, 6.07) is 9.75. The summed E-state index contributed by atoms with van der Waals surface area (Å²) in [6.07, 6.45) is 0. The molecule has 0 saturated heterocycles. The molecule has 16 heavy (non-hydrogen) atoms. The normalized spacial score (nSPS) is 15.8. The molecule has 0 saturated carbocycles. The lowest BCUT2D eigenvalue weighted by Gasteiger charge is -2.32. The zero-order valence-corrected chi connectivity index (χ0v) is 10.2. The minimum Gasteiger partial charge on any atom is -0.394 e. The van der Waals surface area contributed by atoms with Crippen molar-refractivity contribution in [1.29, 1.82) is 0 Å². The molecule has 3 heteroatoms. The van der Waals surface area contributed by atoms with Gasteiger partial charge in [-0.25, -0.2) is 0 Å². The van der Waals surface area contributed by atoms with E-state index in [9.17, 15) is 10.2 Å². The van der Waals surface area contributed by atoms with Crippen molar-refractivity contribution < 1.29 is 10.2 Å². The van der Waals surface area contributed by atoms with Gasteiger partial charge in [-0.05, 0) is 26.3 Å². The van der Waals surface area contributed by atoms with Gasteiger partial charge in [0, 0.05) is 6.54 Å². The summed E-state index contributed by atoms with van der Waals surface area (Å²) in [5.74, 6) is 0. The van der Waals surface area contributed by atoms with Crippen LogP contribution in [0.25, 0.3) is 0 Å². The molecule has 1 rings (SSSR count). The lowest BCUT2D eigenvalue weighted by Crippen LogP contribution is -2.48. The molecule has 0 aromatic heterocycles. The number of hydrogen-bond donors (Lipinski definition) is 3. The van der Waals surface area contributed by atoms with Gasteiger partial charge in [-0.2, -0.15) is 0 Å². The zero-order chi connectivity index (χ0) is 12.2. The van der Waals surface area contributed by atoms with E-state index in [-0.39, 0.29) is 6.61 Å². The van der Waals surface area contributed by atoms with Gasteiger partial charge in [0.15, 0.2) is 0 Å². The second-order valence-electron chi connectivity index (χ2n) is 5.02. The molecular weight excluding hydrogens is 202 g/mol. The molecule has 0 radical (unpaired) electrons. The third kappa shape index (κ3) is 3.59. The lowest BCUT2D eigenvalue weighted by atomic mass is 9.92. The van der Waals surface area contributed by atoms with Crippen molar-refractivity contribution in [2.24, 2.45) is 0 Å². The van der Waals surface area contributed by atoms with E-state index in [1.54, 1.807) is 13.8 Å². The van der Waals surface area contributed by atoms with Crippen LogP contribution in [-0.2, 0) is 5.54 Å². The first-order chi connectivity index (χ1) is 7.37. The van der Waals surface area contributed by atoms with E-state index in [0.29, 0.717) is 6.54 Å². The predicted octanol–water partition coefficient (Wildman–Crippen LogP) is 1.25. The van der Waals surface area contributed by atoms with Crippen LogP contribution in [0.2, 0.25) is 0 Å². The van der Waals surface area contributed by atoms with E-state index in [0.717, 1.165) is 5.56 Å². The molecule has 0 amide bonds. The fourth-order valence-electron chi connectivity index (χ4n) is 1.47. The number of benzene rings is 1. The standard InChI is InChI=1S/C13H21NO2/c1-12(2,16)9-14-13(3,10-15)11-7-5-4-6-8-11/h4-8,14-16H,9-10H2,1-3H3. The molecule has 0 aliphatic rings. The second-order valence-corrected chi connectivity index (χ2v) is 5.02. The highest BCUT2D eigenvalue weighted by molar-refractivity contribution is 5.23. The third-order valence-corrected chi connectivity index (χ3v) is 2.64. The maximum Gasteiger partial charge on any atom is 0.0715 e. The predicted molar refractivity (Wildman–Crippen MR) is 65.2 cm³/mol. The number of nitrogens with one attached hydrogen (secondary N) is 1. The summed E-state index contributed by atoms with van der Waals surface area (Å²) in [7, 11) is 0. The summed E-state index contributed by atoms with van der Waals surface area (Å²) >= 11 is 0. The summed E-state index contributed by atoms with van der Waals surface area (Å²) in [6.45, 7) is 5.83. The molecule has 90 valence electrons. The third-order valence-electron chi connectivity index (χ3n) is 2.64. The van der Waals surface area contributed by atoms with Crippen LogP contribution >= 0.6 is 0 Å². The van der Waals surface area contributed by atoms with Gasteiger partial charge in [-0.1, -0.05) is 30.3 Å².